The van der Waals surface area contributed by atoms with Crippen LogP contribution in [0.3, 0.4) is 0 Å². The summed E-state index contributed by atoms with van der Waals surface area (Å²) in [7, 11) is 2.16. The fourth-order valence-corrected chi connectivity index (χ4v) is 2.15. The summed E-state index contributed by atoms with van der Waals surface area (Å²) < 4.78 is 0. The zero-order valence-electron chi connectivity index (χ0n) is 9.24. The Balaban J connectivity index is 1.94. The Kier molecular flexibility index (Phi) is 3.38. The van der Waals surface area contributed by atoms with Crippen molar-refractivity contribution in [3.8, 4) is 0 Å². The van der Waals surface area contributed by atoms with Crippen molar-refractivity contribution < 1.29 is 5.11 Å². The first-order chi connectivity index (χ1) is 7.29. The highest BCUT2D eigenvalue weighted by Gasteiger charge is 2.22. The Morgan fingerprint density at radius 2 is 2.53 bits per heavy atom. The number of H-pyrrole nitrogens is 1. The lowest BCUT2D eigenvalue weighted by atomic mass is 10.1. The van der Waals surface area contributed by atoms with Gasteiger partial charge in [-0.15, -0.1) is 0 Å². The molecule has 0 radical (unpaired) electrons. The largest absolute Gasteiger partial charge is 0.396 e. The van der Waals surface area contributed by atoms with Gasteiger partial charge in [-0.25, -0.2) is 4.98 Å². The Morgan fingerprint density at radius 3 is 3.20 bits per heavy atom. The highest BCUT2D eigenvalue weighted by molar-refractivity contribution is 5.10. The summed E-state index contributed by atoms with van der Waals surface area (Å²) in [5.41, 5.74) is 1.26. The number of likely N-dealkylation sites (N-methyl/N-ethyl adjacent to an activating group) is 1. The van der Waals surface area contributed by atoms with Crippen molar-refractivity contribution in [2.75, 3.05) is 26.7 Å². The van der Waals surface area contributed by atoms with E-state index in [4.69, 9.17) is 5.11 Å². The molecule has 1 atom stereocenters. The lowest BCUT2D eigenvalue weighted by Crippen LogP contribution is -2.13. The zero-order valence-corrected chi connectivity index (χ0v) is 9.24. The first-order valence-corrected chi connectivity index (χ1v) is 5.63. The van der Waals surface area contributed by atoms with Crippen molar-refractivity contribution >= 4 is 0 Å². The molecule has 0 spiro atoms. The number of hydrogen-bond donors (Lipinski definition) is 2. The summed E-state index contributed by atoms with van der Waals surface area (Å²) in [5.74, 6) is 1.62. The van der Waals surface area contributed by atoms with E-state index in [1.807, 2.05) is 6.20 Å². The average molecular weight is 209 g/mol. The van der Waals surface area contributed by atoms with Crippen molar-refractivity contribution in [3.05, 3.63) is 17.7 Å². The monoisotopic (exact) mass is 209 g/mol. The molecule has 1 aliphatic heterocycles. The van der Waals surface area contributed by atoms with Crippen LogP contribution in [0, 0.1) is 0 Å². The van der Waals surface area contributed by atoms with Gasteiger partial charge in [-0.1, -0.05) is 0 Å². The van der Waals surface area contributed by atoms with Crippen LogP contribution in [-0.2, 0) is 6.42 Å². The quantitative estimate of drug-likeness (QED) is 0.769. The molecule has 2 N–H and O–H groups in total. The van der Waals surface area contributed by atoms with E-state index in [2.05, 4.69) is 21.9 Å². The first-order valence-electron chi connectivity index (χ1n) is 5.63. The molecule has 15 heavy (non-hydrogen) atoms. The van der Waals surface area contributed by atoms with E-state index in [0.717, 1.165) is 25.2 Å². The second kappa shape index (κ2) is 4.77. The Hall–Kier alpha value is -0.870. The van der Waals surface area contributed by atoms with Crippen LogP contribution in [0.25, 0.3) is 0 Å². The molecule has 84 valence electrons. The molecule has 4 heteroatoms. The topological polar surface area (TPSA) is 52.1 Å². The number of nitrogens with zero attached hydrogens (tertiary/aromatic N) is 2. The number of hydrogen-bond acceptors (Lipinski definition) is 3. The zero-order chi connectivity index (χ0) is 10.7. The van der Waals surface area contributed by atoms with Crippen LogP contribution in [0.2, 0.25) is 0 Å². The number of rotatable bonds is 4. The lowest BCUT2D eigenvalue weighted by molar-refractivity contribution is 0.287. The first kappa shape index (κ1) is 10.6. The molecule has 2 heterocycles. The van der Waals surface area contributed by atoms with Gasteiger partial charge in [-0.3, -0.25) is 0 Å². The van der Waals surface area contributed by atoms with Crippen molar-refractivity contribution in [2.24, 2.45) is 0 Å². The molecule has 1 saturated heterocycles. The molecule has 0 aromatic carbocycles. The van der Waals surface area contributed by atoms with Gasteiger partial charge in [-0.2, -0.15) is 0 Å². The molecular weight excluding hydrogens is 190 g/mol. The van der Waals surface area contributed by atoms with Gasteiger partial charge in [0.05, 0.1) is 0 Å². The number of aliphatic hydroxyl groups is 1. The third kappa shape index (κ3) is 2.58. The summed E-state index contributed by atoms with van der Waals surface area (Å²) in [6.45, 7) is 2.54. The summed E-state index contributed by atoms with van der Waals surface area (Å²) in [5, 5.41) is 8.73. The highest BCUT2D eigenvalue weighted by atomic mass is 16.2. The second-order valence-electron chi connectivity index (χ2n) is 4.36. The van der Waals surface area contributed by atoms with E-state index in [1.165, 1.54) is 18.7 Å². The summed E-state index contributed by atoms with van der Waals surface area (Å²) >= 11 is 0. The number of aliphatic hydroxyl groups excluding tert-OH is 1. The minimum atomic E-state index is 0.238. The summed E-state index contributed by atoms with van der Waals surface area (Å²) in [4.78, 5) is 10.0. The van der Waals surface area contributed by atoms with Gasteiger partial charge in [0, 0.05) is 37.4 Å². The molecule has 1 aliphatic rings. The van der Waals surface area contributed by atoms with Crippen LogP contribution in [0.15, 0.2) is 6.20 Å². The number of nitrogens with one attached hydrogen (secondary N) is 1. The Labute approximate surface area is 90.3 Å². The van der Waals surface area contributed by atoms with Gasteiger partial charge in [0.15, 0.2) is 0 Å². The number of likely N-dealkylation sites (tertiary alicyclic amines) is 1. The van der Waals surface area contributed by atoms with E-state index < -0.39 is 0 Å². The fraction of sp³-hybridized carbons (Fsp3) is 0.727. The van der Waals surface area contributed by atoms with Gasteiger partial charge in [0.2, 0.25) is 0 Å². The van der Waals surface area contributed by atoms with E-state index in [-0.39, 0.29) is 6.61 Å². The van der Waals surface area contributed by atoms with Crippen LogP contribution >= 0.6 is 0 Å². The van der Waals surface area contributed by atoms with Gasteiger partial charge in [-0.05, 0) is 26.4 Å². The van der Waals surface area contributed by atoms with Crippen molar-refractivity contribution in [3.63, 3.8) is 0 Å². The van der Waals surface area contributed by atoms with Crippen LogP contribution in [-0.4, -0.2) is 46.7 Å². The average Bonchev–Trinajstić information content (AvgIpc) is 2.83. The molecule has 0 aliphatic carbocycles. The number of aryl methyl sites for hydroxylation is 1. The van der Waals surface area contributed by atoms with Gasteiger partial charge >= 0.3 is 0 Å². The van der Waals surface area contributed by atoms with E-state index in [0.29, 0.717) is 5.92 Å². The molecule has 0 bridgehead atoms. The molecule has 2 rings (SSSR count). The number of aromatic nitrogens is 2. The molecule has 1 aromatic heterocycles. The van der Waals surface area contributed by atoms with Crippen molar-refractivity contribution in [2.45, 2.75) is 25.2 Å². The minimum Gasteiger partial charge on any atom is -0.396 e. The van der Waals surface area contributed by atoms with E-state index in [9.17, 15) is 0 Å². The SMILES string of the molecule is CN1CCC(c2cnc(CCCO)[nH]2)C1. The number of imidazole rings is 1. The third-order valence-corrected chi connectivity index (χ3v) is 3.05. The Bertz CT molecular complexity index is 311. The van der Waals surface area contributed by atoms with Crippen LogP contribution in [0.4, 0.5) is 0 Å². The molecule has 4 nitrogen and oxygen atoms in total. The highest BCUT2D eigenvalue weighted by Crippen LogP contribution is 2.24. The maximum absolute atomic E-state index is 8.73. The van der Waals surface area contributed by atoms with Gasteiger partial charge < -0.3 is 15.0 Å². The fourth-order valence-electron chi connectivity index (χ4n) is 2.15. The van der Waals surface area contributed by atoms with Crippen LogP contribution < -0.4 is 0 Å². The summed E-state index contributed by atoms with van der Waals surface area (Å²) in [6.07, 6.45) is 4.81. The predicted octanol–water partition coefficient (Wildman–Crippen LogP) is 0.754. The molecule has 1 fully saturated rings. The minimum absolute atomic E-state index is 0.238. The standard InChI is InChI=1S/C11H19N3O/c1-14-5-4-9(8-14)10-7-12-11(13-10)3-2-6-15/h7,9,15H,2-6,8H2,1H3,(H,12,13). The van der Waals surface area contributed by atoms with Crippen LogP contribution in [0.5, 0.6) is 0 Å². The third-order valence-electron chi connectivity index (χ3n) is 3.05. The molecule has 1 unspecified atom stereocenters. The van der Waals surface area contributed by atoms with Crippen molar-refractivity contribution in [1.82, 2.24) is 14.9 Å². The van der Waals surface area contributed by atoms with Crippen LogP contribution in [0.1, 0.15) is 30.3 Å². The van der Waals surface area contributed by atoms with E-state index in [1.54, 1.807) is 0 Å². The predicted molar refractivity (Wildman–Crippen MR) is 58.8 cm³/mol. The van der Waals surface area contributed by atoms with Crippen molar-refractivity contribution in [1.29, 1.82) is 0 Å². The smallest absolute Gasteiger partial charge is 0.106 e. The maximum Gasteiger partial charge on any atom is 0.106 e. The maximum atomic E-state index is 8.73. The van der Waals surface area contributed by atoms with E-state index >= 15 is 0 Å². The van der Waals surface area contributed by atoms with Gasteiger partial charge in [0.1, 0.15) is 5.82 Å². The molecule has 0 saturated carbocycles. The normalized spacial score (nSPS) is 22.4. The summed E-state index contributed by atoms with van der Waals surface area (Å²) in [6, 6.07) is 0. The second-order valence-corrected chi connectivity index (χ2v) is 4.36. The molecule has 1 aromatic rings. The van der Waals surface area contributed by atoms with Gasteiger partial charge in [0.25, 0.3) is 0 Å². The molecule has 0 amide bonds. The lowest BCUT2D eigenvalue weighted by Gasteiger charge is -2.07. The Morgan fingerprint density at radius 1 is 1.67 bits per heavy atom. The molecular formula is C11H19N3O. The number of aromatic amines is 1.